The number of carbonyl (C=O) groups excluding carboxylic acids is 1. The van der Waals surface area contributed by atoms with E-state index >= 15 is 0 Å². The third-order valence-corrected chi connectivity index (χ3v) is 6.06. The van der Waals surface area contributed by atoms with Crippen molar-refractivity contribution in [2.24, 2.45) is 0 Å². The number of hydrogen-bond acceptors (Lipinski definition) is 5. The SMILES string of the molecule is O=C(NCc1ccc2c(c1)OCO2)c1ccc(S(=O)(=O)Nc2ccc(Cl)cc2)cc1. The van der Waals surface area contributed by atoms with E-state index in [4.69, 9.17) is 21.1 Å². The van der Waals surface area contributed by atoms with Gasteiger partial charge in [0.05, 0.1) is 4.90 Å². The maximum atomic E-state index is 12.5. The van der Waals surface area contributed by atoms with Crippen LogP contribution >= 0.6 is 11.6 Å². The van der Waals surface area contributed by atoms with E-state index in [1.807, 2.05) is 6.07 Å². The fraction of sp³-hybridized carbons (Fsp3) is 0.0952. The summed E-state index contributed by atoms with van der Waals surface area (Å²) in [4.78, 5) is 12.4. The first kappa shape index (κ1) is 20.1. The first-order valence-electron chi connectivity index (χ1n) is 8.96. The van der Waals surface area contributed by atoms with Gasteiger partial charge in [-0.15, -0.1) is 0 Å². The first-order chi connectivity index (χ1) is 14.4. The number of halogens is 1. The monoisotopic (exact) mass is 444 g/mol. The van der Waals surface area contributed by atoms with E-state index in [1.54, 1.807) is 36.4 Å². The number of carbonyl (C=O) groups is 1. The molecule has 0 radical (unpaired) electrons. The van der Waals surface area contributed by atoms with Crippen LogP contribution < -0.4 is 19.5 Å². The van der Waals surface area contributed by atoms with Crippen molar-refractivity contribution in [3.05, 3.63) is 82.9 Å². The minimum Gasteiger partial charge on any atom is -0.454 e. The highest BCUT2D eigenvalue weighted by atomic mass is 35.5. The second-order valence-corrected chi connectivity index (χ2v) is 8.63. The zero-order valence-corrected chi connectivity index (χ0v) is 17.2. The summed E-state index contributed by atoms with van der Waals surface area (Å²) in [6, 6.07) is 17.4. The molecule has 1 aliphatic heterocycles. The summed E-state index contributed by atoms with van der Waals surface area (Å²) in [6.07, 6.45) is 0. The highest BCUT2D eigenvalue weighted by Gasteiger charge is 2.16. The molecule has 0 fully saturated rings. The fourth-order valence-electron chi connectivity index (χ4n) is 2.85. The topological polar surface area (TPSA) is 93.7 Å². The van der Waals surface area contributed by atoms with Gasteiger partial charge >= 0.3 is 0 Å². The van der Waals surface area contributed by atoms with Crippen molar-refractivity contribution in [2.75, 3.05) is 11.5 Å². The third-order valence-electron chi connectivity index (χ3n) is 4.41. The lowest BCUT2D eigenvalue weighted by Gasteiger charge is -2.09. The van der Waals surface area contributed by atoms with E-state index in [0.29, 0.717) is 34.3 Å². The molecule has 0 aromatic heterocycles. The lowest BCUT2D eigenvalue weighted by Crippen LogP contribution is -2.23. The van der Waals surface area contributed by atoms with Crippen LogP contribution in [0, 0.1) is 0 Å². The molecule has 154 valence electrons. The normalized spacial score (nSPS) is 12.4. The number of ether oxygens (including phenoxy) is 2. The van der Waals surface area contributed by atoms with Crippen molar-refractivity contribution in [2.45, 2.75) is 11.4 Å². The molecule has 0 atom stereocenters. The lowest BCUT2D eigenvalue weighted by molar-refractivity contribution is 0.0950. The molecule has 0 aliphatic carbocycles. The molecule has 7 nitrogen and oxygen atoms in total. The lowest BCUT2D eigenvalue weighted by atomic mass is 10.2. The molecule has 1 heterocycles. The standard InChI is InChI=1S/C21H17ClN2O5S/c22-16-4-6-17(7-5-16)24-30(26,27)18-8-2-15(3-9-18)21(25)23-12-14-1-10-19-20(11-14)29-13-28-19/h1-11,24H,12-13H2,(H,23,25). The van der Waals surface area contributed by atoms with Crippen molar-refractivity contribution >= 4 is 33.2 Å². The second-order valence-electron chi connectivity index (χ2n) is 6.51. The predicted molar refractivity (Wildman–Crippen MR) is 112 cm³/mol. The van der Waals surface area contributed by atoms with Crippen molar-refractivity contribution in [3.8, 4) is 11.5 Å². The average molecular weight is 445 g/mol. The van der Waals surface area contributed by atoms with Gasteiger partial charge in [0.1, 0.15) is 0 Å². The highest BCUT2D eigenvalue weighted by molar-refractivity contribution is 7.92. The molecule has 0 saturated heterocycles. The van der Waals surface area contributed by atoms with Crippen molar-refractivity contribution < 1.29 is 22.7 Å². The first-order valence-corrected chi connectivity index (χ1v) is 10.8. The Kier molecular flexibility index (Phi) is 5.52. The van der Waals surface area contributed by atoms with Crippen molar-refractivity contribution in [1.29, 1.82) is 0 Å². The smallest absolute Gasteiger partial charge is 0.261 e. The number of sulfonamides is 1. The summed E-state index contributed by atoms with van der Waals surface area (Å²) in [5.74, 6) is 1.00. The zero-order valence-electron chi connectivity index (χ0n) is 15.6. The van der Waals surface area contributed by atoms with Gasteiger partial charge in [-0.3, -0.25) is 9.52 Å². The Labute approximate surface area is 178 Å². The Bertz CT molecular complexity index is 1180. The molecule has 9 heteroatoms. The van der Waals surface area contributed by atoms with Crippen molar-refractivity contribution in [1.82, 2.24) is 5.32 Å². The van der Waals surface area contributed by atoms with Gasteiger partial charge in [0.25, 0.3) is 15.9 Å². The number of rotatable bonds is 6. The van der Waals surface area contributed by atoms with Crippen LogP contribution in [0.3, 0.4) is 0 Å². The number of amides is 1. The third kappa shape index (κ3) is 4.50. The molecule has 3 aromatic rings. The van der Waals surface area contributed by atoms with Crippen molar-refractivity contribution in [3.63, 3.8) is 0 Å². The molecule has 0 saturated carbocycles. The molecular formula is C21H17ClN2O5S. The quantitative estimate of drug-likeness (QED) is 0.603. The van der Waals surface area contributed by atoms with Crippen LogP contribution in [-0.4, -0.2) is 21.1 Å². The van der Waals surface area contributed by atoms with E-state index in [1.165, 1.54) is 24.3 Å². The van der Waals surface area contributed by atoms with Crippen LogP contribution in [0.5, 0.6) is 11.5 Å². The largest absolute Gasteiger partial charge is 0.454 e. The van der Waals surface area contributed by atoms with Crippen LogP contribution in [0.2, 0.25) is 5.02 Å². The minimum absolute atomic E-state index is 0.0461. The summed E-state index contributed by atoms with van der Waals surface area (Å²) in [6.45, 7) is 0.487. The zero-order chi connectivity index (χ0) is 21.1. The maximum absolute atomic E-state index is 12.5. The van der Waals surface area contributed by atoms with Gasteiger partial charge in [-0.25, -0.2) is 8.42 Å². The number of nitrogens with one attached hydrogen (secondary N) is 2. The van der Waals surface area contributed by atoms with E-state index in [9.17, 15) is 13.2 Å². The average Bonchev–Trinajstić information content (AvgIpc) is 3.21. The fourth-order valence-corrected chi connectivity index (χ4v) is 4.04. The summed E-state index contributed by atoms with van der Waals surface area (Å²) in [5.41, 5.74) is 1.60. The van der Waals surface area contributed by atoms with Gasteiger partial charge < -0.3 is 14.8 Å². The van der Waals surface area contributed by atoms with Gasteiger partial charge in [-0.2, -0.15) is 0 Å². The van der Waals surface area contributed by atoms with Gasteiger partial charge in [-0.1, -0.05) is 17.7 Å². The Morgan fingerprint density at radius 3 is 2.37 bits per heavy atom. The van der Waals surface area contributed by atoms with Gasteiger partial charge in [0, 0.05) is 22.8 Å². The van der Waals surface area contributed by atoms with Crippen LogP contribution in [-0.2, 0) is 16.6 Å². The number of benzene rings is 3. The predicted octanol–water partition coefficient (Wildman–Crippen LogP) is 3.80. The summed E-state index contributed by atoms with van der Waals surface area (Å²) >= 11 is 5.81. The van der Waals surface area contributed by atoms with Crippen LogP contribution in [0.15, 0.2) is 71.6 Å². The van der Waals surface area contributed by atoms with Crippen LogP contribution in [0.1, 0.15) is 15.9 Å². The Morgan fingerprint density at radius 2 is 1.63 bits per heavy atom. The summed E-state index contributed by atoms with van der Waals surface area (Å²) in [7, 11) is -3.78. The Morgan fingerprint density at radius 1 is 0.933 bits per heavy atom. The number of fused-ring (bicyclic) bond motifs is 1. The highest BCUT2D eigenvalue weighted by Crippen LogP contribution is 2.32. The summed E-state index contributed by atoms with van der Waals surface area (Å²) < 4.78 is 38.1. The van der Waals surface area contributed by atoms with E-state index in [0.717, 1.165) is 5.56 Å². The number of anilines is 1. The molecule has 2 N–H and O–H groups in total. The number of hydrogen-bond donors (Lipinski definition) is 2. The Hall–Kier alpha value is -3.23. The van der Waals surface area contributed by atoms with Crippen LogP contribution in [0.4, 0.5) is 5.69 Å². The molecule has 0 unspecified atom stereocenters. The maximum Gasteiger partial charge on any atom is 0.261 e. The Balaban J connectivity index is 1.39. The molecular weight excluding hydrogens is 428 g/mol. The van der Waals surface area contributed by atoms with Gasteiger partial charge in [-0.05, 0) is 66.2 Å². The summed E-state index contributed by atoms with van der Waals surface area (Å²) in [5, 5.41) is 3.31. The van der Waals surface area contributed by atoms with E-state index in [-0.39, 0.29) is 17.6 Å². The molecule has 30 heavy (non-hydrogen) atoms. The van der Waals surface area contributed by atoms with Gasteiger partial charge in [0.15, 0.2) is 11.5 Å². The van der Waals surface area contributed by atoms with E-state index < -0.39 is 10.0 Å². The van der Waals surface area contributed by atoms with Crippen LogP contribution in [0.25, 0.3) is 0 Å². The molecule has 0 bridgehead atoms. The molecule has 0 spiro atoms. The van der Waals surface area contributed by atoms with E-state index in [2.05, 4.69) is 10.0 Å². The molecule has 1 aliphatic rings. The molecule has 1 amide bonds. The molecule has 4 rings (SSSR count). The van der Waals surface area contributed by atoms with Gasteiger partial charge in [0.2, 0.25) is 6.79 Å². The minimum atomic E-state index is -3.78. The molecule has 3 aromatic carbocycles. The second kappa shape index (κ2) is 8.25.